The molecule has 1 aromatic rings. The summed E-state index contributed by atoms with van der Waals surface area (Å²) in [4.78, 5) is 2.48. The fraction of sp³-hybridized carbons (Fsp3) is 0.600. The standard InChI is InChI=1S/C15H23FN2/c1-13(16)12-15-5-3-2-4-14(15)6-9-18-10-7-17-8-11-18/h2-5,13,17H,6-12H2,1H3. The predicted octanol–water partition coefficient (Wildman–Crippen LogP) is 2.03. The summed E-state index contributed by atoms with van der Waals surface area (Å²) in [5, 5.41) is 3.36. The Labute approximate surface area is 109 Å². The Morgan fingerprint density at radius 3 is 2.56 bits per heavy atom. The Bertz CT molecular complexity index is 359. The zero-order valence-corrected chi connectivity index (χ0v) is 11.2. The van der Waals surface area contributed by atoms with E-state index in [1.54, 1.807) is 6.92 Å². The van der Waals surface area contributed by atoms with Crippen molar-refractivity contribution in [2.45, 2.75) is 25.9 Å². The lowest BCUT2D eigenvalue weighted by Crippen LogP contribution is -2.44. The van der Waals surface area contributed by atoms with Gasteiger partial charge in [0, 0.05) is 39.1 Å². The van der Waals surface area contributed by atoms with E-state index in [0.29, 0.717) is 6.42 Å². The maximum Gasteiger partial charge on any atom is 0.101 e. The van der Waals surface area contributed by atoms with E-state index in [0.717, 1.165) is 39.1 Å². The fourth-order valence-electron chi connectivity index (χ4n) is 2.52. The number of halogens is 1. The molecule has 2 rings (SSSR count). The van der Waals surface area contributed by atoms with Gasteiger partial charge in [-0.2, -0.15) is 0 Å². The third kappa shape index (κ3) is 4.07. The molecule has 1 aromatic carbocycles. The summed E-state index contributed by atoms with van der Waals surface area (Å²) in [6.45, 7) is 7.14. The minimum atomic E-state index is -0.759. The first kappa shape index (κ1) is 13.5. The summed E-state index contributed by atoms with van der Waals surface area (Å²) in [7, 11) is 0. The number of nitrogens with one attached hydrogen (secondary N) is 1. The maximum atomic E-state index is 13.1. The highest BCUT2D eigenvalue weighted by molar-refractivity contribution is 5.28. The molecule has 1 saturated heterocycles. The van der Waals surface area contributed by atoms with E-state index < -0.39 is 6.17 Å². The van der Waals surface area contributed by atoms with Gasteiger partial charge in [-0.05, 0) is 24.5 Å². The van der Waals surface area contributed by atoms with Crippen molar-refractivity contribution >= 4 is 0 Å². The Balaban J connectivity index is 1.91. The third-order valence-electron chi connectivity index (χ3n) is 3.53. The molecule has 0 saturated carbocycles. The number of hydrogen-bond acceptors (Lipinski definition) is 2. The first-order valence-corrected chi connectivity index (χ1v) is 6.89. The van der Waals surface area contributed by atoms with E-state index in [-0.39, 0.29) is 0 Å². The zero-order valence-electron chi connectivity index (χ0n) is 11.2. The molecule has 18 heavy (non-hydrogen) atoms. The van der Waals surface area contributed by atoms with Crippen molar-refractivity contribution in [3.63, 3.8) is 0 Å². The molecule has 2 nitrogen and oxygen atoms in total. The average molecular weight is 250 g/mol. The van der Waals surface area contributed by atoms with Crippen LogP contribution in [0.5, 0.6) is 0 Å². The van der Waals surface area contributed by atoms with Crippen LogP contribution in [0.3, 0.4) is 0 Å². The molecular weight excluding hydrogens is 227 g/mol. The largest absolute Gasteiger partial charge is 0.314 e. The molecular formula is C15H23FN2. The van der Waals surface area contributed by atoms with Gasteiger partial charge in [-0.3, -0.25) is 0 Å². The van der Waals surface area contributed by atoms with Crippen molar-refractivity contribution in [1.82, 2.24) is 10.2 Å². The molecule has 0 amide bonds. The highest BCUT2D eigenvalue weighted by Crippen LogP contribution is 2.14. The molecule has 1 unspecified atom stereocenters. The van der Waals surface area contributed by atoms with Crippen LogP contribution < -0.4 is 5.32 Å². The second-order valence-electron chi connectivity index (χ2n) is 5.10. The summed E-state index contributed by atoms with van der Waals surface area (Å²) in [5.74, 6) is 0. The number of hydrogen-bond donors (Lipinski definition) is 1. The van der Waals surface area contributed by atoms with Crippen molar-refractivity contribution in [1.29, 1.82) is 0 Å². The normalized spacial score (nSPS) is 18.8. The molecule has 3 heteroatoms. The van der Waals surface area contributed by atoms with E-state index in [2.05, 4.69) is 28.4 Å². The van der Waals surface area contributed by atoms with Crippen molar-refractivity contribution in [3.05, 3.63) is 35.4 Å². The maximum absolute atomic E-state index is 13.1. The van der Waals surface area contributed by atoms with Crippen LogP contribution in [0.15, 0.2) is 24.3 Å². The first-order valence-electron chi connectivity index (χ1n) is 6.89. The molecule has 1 aliphatic rings. The van der Waals surface area contributed by atoms with Gasteiger partial charge in [0.2, 0.25) is 0 Å². The minimum Gasteiger partial charge on any atom is -0.314 e. The Morgan fingerprint density at radius 2 is 1.89 bits per heavy atom. The summed E-state index contributed by atoms with van der Waals surface area (Å²) in [5.41, 5.74) is 2.48. The van der Waals surface area contributed by atoms with Gasteiger partial charge in [-0.1, -0.05) is 24.3 Å². The van der Waals surface area contributed by atoms with Crippen LogP contribution in [0.2, 0.25) is 0 Å². The second-order valence-corrected chi connectivity index (χ2v) is 5.10. The van der Waals surface area contributed by atoms with Gasteiger partial charge < -0.3 is 10.2 Å². The SMILES string of the molecule is CC(F)Cc1ccccc1CCN1CCNCC1. The molecule has 1 heterocycles. The summed E-state index contributed by atoms with van der Waals surface area (Å²) in [6, 6.07) is 8.26. The number of benzene rings is 1. The van der Waals surface area contributed by atoms with Gasteiger partial charge >= 0.3 is 0 Å². The van der Waals surface area contributed by atoms with Crippen LogP contribution in [0.4, 0.5) is 4.39 Å². The van der Waals surface area contributed by atoms with E-state index >= 15 is 0 Å². The van der Waals surface area contributed by atoms with Crippen LogP contribution in [0, 0.1) is 0 Å². The van der Waals surface area contributed by atoms with E-state index in [1.165, 1.54) is 11.1 Å². The molecule has 0 radical (unpaired) electrons. The Kier molecular flexibility index (Phi) is 5.14. The number of piperazine rings is 1. The van der Waals surface area contributed by atoms with Crippen molar-refractivity contribution < 1.29 is 4.39 Å². The quantitative estimate of drug-likeness (QED) is 0.860. The van der Waals surface area contributed by atoms with Gasteiger partial charge in [0.25, 0.3) is 0 Å². The molecule has 1 N–H and O–H groups in total. The lowest BCUT2D eigenvalue weighted by molar-refractivity contribution is 0.243. The summed E-state index contributed by atoms with van der Waals surface area (Å²) < 4.78 is 13.1. The first-order chi connectivity index (χ1) is 8.75. The van der Waals surface area contributed by atoms with Crippen LogP contribution in [0.25, 0.3) is 0 Å². The third-order valence-corrected chi connectivity index (χ3v) is 3.53. The lowest BCUT2D eigenvalue weighted by Gasteiger charge is -2.27. The number of alkyl halides is 1. The van der Waals surface area contributed by atoms with Gasteiger partial charge in [-0.15, -0.1) is 0 Å². The molecule has 0 aliphatic carbocycles. The van der Waals surface area contributed by atoms with Crippen molar-refractivity contribution in [2.75, 3.05) is 32.7 Å². The molecule has 1 aliphatic heterocycles. The average Bonchev–Trinajstić information content (AvgIpc) is 2.38. The molecule has 1 fully saturated rings. The predicted molar refractivity (Wildman–Crippen MR) is 73.7 cm³/mol. The zero-order chi connectivity index (χ0) is 12.8. The van der Waals surface area contributed by atoms with Crippen molar-refractivity contribution in [3.8, 4) is 0 Å². The molecule has 1 atom stereocenters. The smallest absolute Gasteiger partial charge is 0.101 e. The van der Waals surface area contributed by atoms with Crippen molar-refractivity contribution in [2.24, 2.45) is 0 Å². The number of nitrogens with zero attached hydrogens (tertiary/aromatic N) is 1. The highest BCUT2D eigenvalue weighted by Gasteiger charge is 2.11. The summed E-state index contributed by atoms with van der Waals surface area (Å²) >= 11 is 0. The van der Waals surface area contributed by atoms with Crippen LogP contribution in [0.1, 0.15) is 18.1 Å². The van der Waals surface area contributed by atoms with Gasteiger partial charge in [0.1, 0.15) is 6.17 Å². The molecule has 0 aromatic heterocycles. The molecule has 0 spiro atoms. The van der Waals surface area contributed by atoms with E-state index in [1.807, 2.05) is 6.07 Å². The number of rotatable bonds is 5. The van der Waals surface area contributed by atoms with E-state index in [9.17, 15) is 4.39 Å². The van der Waals surface area contributed by atoms with E-state index in [4.69, 9.17) is 0 Å². The minimum absolute atomic E-state index is 0.539. The van der Waals surface area contributed by atoms with Gasteiger partial charge in [0.15, 0.2) is 0 Å². The molecule has 100 valence electrons. The Hall–Kier alpha value is -0.930. The Morgan fingerprint density at radius 1 is 1.22 bits per heavy atom. The van der Waals surface area contributed by atoms with Crippen LogP contribution in [-0.4, -0.2) is 43.8 Å². The van der Waals surface area contributed by atoms with Crippen LogP contribution in [-0.2, 0) is 12.8 Å². The second kappa shape index (κ2) is 6.86. The van der Waals surface area contributed by atoms with Gasteiger partial charge in [-0.25, -0.2) is 4.39 Å². The monoisotopic (exact) mass is 250 g/mol. The van der Waals surface area contributed by atoms with Crippen LogP contribution >= 0.6 is 0 Å². The highest BCUT2D eigenvalue weighted by atomic mass is 19.1. The fourth-order valence-corrected chi connectivity index (χ4v) is 2.52. The molecule has 0 bridgehead atoms. The summed E-state index contributed by atoms with van der Waals surface area (Å²) in [6.07, 6.45) is 0.811. The topological polar surface area (TPSA) is 15.3 Å². The van der Waals surface area contributed by atoms with Gasteiger partial charge in [0.05, 0.1) is 0 Å². The lowest BCUT2D eigenvalue weighted by atomic mass is 10.00.